The van der Waals surface area contributed by atoms with Crippen molar-refractivity contribution in [2.45, 2.75) is 51.4 Å². The van der Waals surface area contributed by atoms with Gasteiger partial charge in [-0.25, -0.2) is 0 Å². The highest BCUT2D eigenvalue weighted by Gasteiger charge is 2.21. The summed E-state index contributed by atoms with van der Waals surface area (Å²) in [6, 6.07) is 0. The number of nitrogens with zero attached hydrogens (tertiary/aromatic N) is 1. The van der Waals surface area contributed by atoms with E-state index in [1.807, 2.05) is 4.90 Å². The maximum atomic E-state index is 12.5. The Kier molecular flexibility index (Phi) is 7.00. The van der Waals surface area contributed by atoms with Crippen LogP contribution in [0.2, 0.25) is 0 Å². The first-order chi connectivity index (χ1) is 10.3. The molecule has 0 spiro atoms. The van der Waals surface area contributed by atoms with Crippen LogP contribution >= 0.6 is 0 Å². The molecule has 1 aliphatic carbocycles. The van der Waals surface area contributed by atoms with E-state index in [0.29, 0.717) is 51.6 Å². The highest BCUT2D eigenvalue weighted by molar-refractivity contribution is 5.79. The van der Waals surface area contributed by atoms with Crippen LogP contribution in [0.25, 0.3) is 0 Å². The van der Waals surface area contributed by atoms with E-state index in [2.05, 4.69) is 5.32 Å². The molecular formula is C16H28N2O3. The average molecular weight is 296 g/mol. The molecule has 21 heavy (non-hydrogen) atoms. The summed E-state index contributed by atoms with van der Waals surface area (Å²) in [7, 11) is 0. The zero-order valence-corrected chi connectivity index (χ0v) is 12.9. The Balaban J connectivity index is 1.83. The number of amides is 2. The minimum Gasteiger partial charge on any atom is -0.380 e. The van der Waals surface area contributed by atoms with Gasteiger partial charge in [-0.15, -0.1) is 0 Å². The molecule has 5 heteroatoms. The second-order valence-electron chi connectivity index (χ2n) is 6.15. The van der Waals surface area contributed by atoms with Gasteiger partial charge in [0.2, 0.25) is 11.8 Å². The number of nitrogens with one attached hydrogen (secondary N) is 1. The van der Waals surface area contributed by atoms with Gasteiger partial charge in [0.05, 0.1) is 6.61 Å². The molecule has 0 aromatic carbocycles. The van der Waals surface area contributed by atoms with Crippen molar-refractivity contribution in [1.29, 1.82) is 0 Å². The summed E-state index contributed by atoms with van der Waals surface area (Å²) < 4.78 is 5.44. The van der Waals surface area contributed by atoms with Crippen molar-refractivity contribution in [2.75, 3.05) is 32.8 Å². The van der Waals surface area contributed by atoms with Crippen molar-refractivity contribution in [1.82, 2.24) is 10.2 Å². The first-order valence-corrected chi connectivity index (χ1v) is 8.38. The van der Waals surface area contributed by atoms with Crippen molar-refractivity contribution in [3.05, 3.63) is 0 Å². The summed E-state index contributed by atoms with van der Waals surface area (Å²) >= 11 is 0. The van der Waals surface area contributed by atoms with Gasteiger partial charge in [-0.2, -0.15) is 0 Å². The van der Waals surface area contributed by atoms with Gasteiger partial charge in [0.15, 0.2) is 0 Å². The zero-order chi connectivity index (χ0) is 14.9. The maximum Gasteiger partial charge on any atom is 0.222 e. The Labute approximate surface area is 127 Å². The highest BCUT2D eigenvalue weighted by Crippen LogP contribution is 2.26. The Hall–Kier alpha value is -1.10. The Morgan fingerprint density at radius 1 is 1.14 bits per heavy atom. The Morgan fingerprint density at radius 3 is 2.76 bits per heavy atom. The molecule has 1 saturated heterocycles. The van der Waals surface area contributed by atoms with Gasteiger partial charge in [-0.1, -0.05) is 19.3 Å². The SMILES string of the molecule is O=C1CCN(C(=O)CC2CCCCC2)CCCOCCN1. The molecule has 0 bridgehead atoms. The topological polar surface area (TPSA) is 58.6 Å². The first kappa shape index (κ1) is 16.3. The molecule has 1 aliphatic heterocycles. The smallest absolute Gasteiger partial charge is 0.222 e. The number of rotatable bonds is 2. The molecule has 2 amide bonds. The molecule has 0 aromatic heterocycles. The van der Waals surface area contributed by atoms with Crippen LogP contribution in [0.15, 0.2) is 0 Å². The largest absolute Gasteiger partial charge is 0.380 e. The molecule has 5 nitrogen and oxygen atoms in total. The van der Waals surface area contributed by atoms with Crippen LogP contribution in [0.1, 0.15) is 51.4 Å². The van der Waals surface area contributed by atoms with E-state index in [4.69, 9.17) is 4.74 Å². The van der Waals surface area contributed by atoms with Crippen molar-refractivity contribution in [2.24, 2.45) is 5.92 Å². The van der Waals surface area contributed by atoms with E-state index in [1.54, 1.807) is 0 Å². The van der Waals surface area contributed by atoms with Gasteiger partial charge in [0.1, 0.15) is 0 Å². The second kappa shape index (κ2) is 9.03. The summed E-state index contributed by atoms with van der Waals surface area (Å²) in [5.74, 6) is 0.777. The third-order valence-electron chi connectivity index (χ3n) is 4.43. The van der Waals surface area contributed by atoms with Crippen molar-refractivity contribution in [3.8, 4) is 0 Å². The number of hydrogen-bond donors (Lipinski definition) is 1. The lowest BCUT2D eigenvalue weighted by molar-refractivity contribution is -0.133. The minimum absolute atomic E-state index is 0.0102. The van der Waals surface area contributed by atoms with Gasteiger partial charge < -0.3 is 15.0 Å². The number of hydrogen-bond acceptors (Lipinski definition) is 3. The summed E-state index contributed by atoms with van der Waals surface area (Å²) in [4.78, 5) is 26.0. The van der Waals surface area contributed by atoms with Crippen molar-refractivity contribution in [3.63, 3.8) is 0 Å². The van der Waals surface area contributed by atoms with E-state index in [9.17, 15) is 9.59 Å². The molecule has 120 valence electrons. The number of carbonyl (C=O) groups excluding carboxylic acids is 2. The van der Waals surface area contributed by atoms with E-state index < -0.39 is 0 Å². The van der Waals surface area contributed by atoms with Crippen LogP contribution in [-0.4, -0.2) is 49.6 Å². The summed E-state index contributed by atoms with van der Waals surface area (Å²) in [5.41, 5.74) is 0. The van der Waals surface area contributed by atoms with Crippen LogP contribution in [0.3, 0.4) is 0 Å². The van der Waals surface area contributed by atoms with Crippen LogP contribution in [0, 0.1) is 5.92 Å². The third kappa shape index (κ3) is 6.04. The monoisotopic (exact) mass is 296 g/mol. The summed E-state index contributed by atoms with van der Waals surface area (Å²) in [5, 5.41) is 2.82. The lowest BCUT2D eigenvalue weighted by Crippen LogP contribution is -2.37. The van der Waals surface area contributed by atoms with Crippen molar-refractivity contribution >= 4 is 11.8 Å². The Morgan fingerprint density at radius 2 is 1.95 bits per heavy atom. The van der Waals surface area contributed by atoms with E-state index >= 15 is 0 Å². The van der Waals surface area contributed by atoms with Gasteiger partial charge >= 0.3 is 0 Å². The predicted molar refractivity (Wildman–Crippen MR) is 80.8 cm³/mol. The molecule has 0 radical (unpaired) electrons. The lowest BCUT2D eigenvalue weighted by Gasteiger charge is -2.26. The predicted octanol–water partition coefficient (Wildman–Crippen LogP) is 1.71. The Bertz CT molecular complexity index is 340. The van der Waals surface area contributed by atoms with Gasteiger partial charge in [-0.3, -0.25) is 9.59 Å². The molecular weight excluding hydrogens is 268 g/mol. The maximum absolute atomic E-state index is 12.5. The molecule has 1 heterocycles. The fourth-order valence-corrected chi connectivity index (χ4v) is 3.18. The van der Waals surface area contributed by atoms with Crippen LogP contribution < -0.4 is 5.32 Å². The number of ether oxygens (including phenoxy) is 1. The van der Waals surface area contributed by atoms with Crippen LogP contribution in [0.5, 0.6) is 0 Å². The molecule has 1 saturated carbocycles. The molecule has 2 aliphatic rings. The first-order valence-electron chi connectivity index (χ1n) is 8.38. The molecule has 0 aromatic rings. The minimum atomic E-state index is 0.0102. The second-order valence-corrected chi connectivity index (χ2v) is 6.15. The average Bonchev–Trinajstić information content (AvgIpc) is 2.54. The number of carbonyl (C=O) groups is 2. The fraction of sp³-hybridized carbons (Fsp3) is 0.875. The third-order valence-corrected chi connectivity index (χ3v) is 4.43. The fourth-order valence-electron chi connectivity index (χ4n) is 3.18. The van der Waals surface area contributed by atoms with Crippen LogP contribution in [-0.2, 0) is 14.3 Å². The standard InChI is InChI=1S/C16H28N2O3/c19-15-7-10-18(9-4-11-21-12-8-17-15)16(20)13-14-5-2-1-3-6-14/h14H,1-13H2,(H,17,19). The van der Waals surface area contributed by atoms with E-state index in [0.717, 1.165) is 6.42 Å². The van der Waals surface area contributed by atoms with Crippen molar-refractivity contribution < 1.29 is 14.3 Å². The molecule has 0 atom stereocenters. The highest BCUT2D eigenvalue weighted by atomic mass is 16.5. The molecule has 2 rings (SSSR count). The zero-order valence-electron chi connectivity index (χ0n) is 12.9. The molecule has 0 unspecified atom stereocenters. The van der Waals surface area contributed by atoms with Gasteiger partial charge in [-0.05, 0) is 25.2 Å². The van der Waals surface area contributed by atoms with Gasteiger partial charge in [0.25, 0.3) is 0 Å². The quantitative estimate of drug-likeness (QED) is 0.844. The summed E-state index contributed by atoms with van der Waals surface area (Å²) in [6.07, 6.45) is 8.10. The van der Waals surface area contributed by atoms with Gasteiger partial charge in [0, 0.05) is 39.1 Å². The van der Waals surface area contributed by atoms with E-state index in [-0.39, 0.29) is 11.8 Å². The molecule has 1 N–H and O–H groups in total. The summed E-state index contributed by atoms with van der Waals surface area (Å²) in [6.45, 7) is 3.02. The normalized spacial score (nSPS) is 23.2. The molecule has 2 fully saturated rings. The lowest BCUT2D eigenvalue weighted by atomic mass is 9.86. The van der Waals surface area contributed by atoms with E-state index in [1.165, 1.54) is 32.1 Å². The van der Waals surface area contributed by atoms with Crippen LogP contribution in [0.4, 0.5) is 0 Å².